The first kappa shape index (κ1) is 10.9. The van der Waals surface area contributed by atoms with Gasteiger partial charge in [-0.25, -0.2) is 0 Å². The maximum atomic E-state index is 10.7. The molecule has 0 bridgehead atoms. The van der Waals surface area contributed by atoms with Gasteiger partial charge in [0.25, 0.3) is 0 Å². The monoisotopic (exact) mass is 212 g/mol. The maximum absolute atomic E-state index is 10.7. The van der Waals surface area contributed by atoms with Gasteiger partial charge in [0.05, 0.1) is 0 Å². The van der Waals surface area contributed by atoms with E-state index in [0.29, 0.717) is 11.3 Å². The highest BCUT2D eigenvalue weighted by Crippen LogP contribution is 2.10. The molecule has 1 amide bonds. The summed E-state index contributed by atoms with van der Waals surface area (Å²) in [7, 11) is 0. The Bertz CT molecular complexity index is 313. The van der Waals surface area contributed by atoms with E-state index in [2.05, 4.69) is 5.32 Å². The summed E-state index contributed by atoms with van der Waals surface area (Å²) in [5, 5.41) is 2.59. The van der Waals surface area contributed by atoms with E-state index in [1.165, 1.54) is 6.92 Å². The van der Waals surface area contributed by atoms with Gasteiger partial charge in [-0.05, 0) is 17.7 Å². The van der Waals surface area contributed by atoms with Crippen molar-refractivity contribution in [3.63, 3.8) is 0 Å². The molecule has 14 heavy (non-hydrogen) atoms. The summed E-state index contributed by atoms with van der Waals surface area (Å²) in [6.45, 7) is 1.42. The van der Waals surface area contributed by atoms with E-state index in [0.717, 1.165) is 0 Å². The van der Waals surface area contributed by atoms with Crippen LogP contribution in [0.5, 0.6) is 0 Å². The van der Waals surface area contributed by atoms with Crippen LogP contribution in [0.25, 0.3) is 0 Å². The van der Waals surface area contributed by atoms with Crippen LogP contribution >= 0.6 is 0 Å². The Balaban J connectivity index is 2.68. The molecule has 0 aliphatic heterocycles. The van der Waals surface area contributed by atoms with Gasteiger partial charge in [-0.3, -0.25) is 9.00 Å². The van der Waals surface area contributed by atoms with Crippen molar-refractivity contribution in [3.8, 4) is 0 Å². The summed E-state index contributed by atoms with van der Waals surface area (Å²) in [5.74, 6) is -0.148. The Morgan fingerprint density at radius 3 is 2.43 bits per heavy atom. The molecular weight excluding hydrogens is 202 g/mol. The van der Waals surface area contributed by atoms with Gasteiger partial charge < -0.3 is 9.87 Å². The smallest absolute Gasteiger partial charge is 0.221 e. The van der Waals surface area contributed by atoms with Crippen molar-refractivity contribution in [2.24, 2.45) is 0 Å². The number of hydrogen-bond donors (Lipinski definition) is 1. The number of amides is 1. The third-order valence-electron chi connectivity index (χ3n) is 1.56. The van der Waals surface area contributed by atoms with Crippen LogP contribution in [0, 0.1) is 0 Å². The highest BCUT2D eigenvalue weighted by Gasteiger charge is 1.96. The Morgan fingerprint density at radius 1 is 1.43 bits per heavy atom. The van der Waals surface area contributed by atoms with Crippen LogP contribution in [0.2, 0.25) is 0 Å². The van der Waals surface area contributed by atoms with E-state index in [9.17, 15) is 13.6 Å². The minimum Gasteiger partial charge on any atom is -0.772 e. The van der Waals surface area contributed by atoms with Crippen molar-refractivity contribution in [3.05, 3.63) is 29.8 Å². The number of nitrogens with one attached hydrogen (secondary N) is 1. The Hall–Kier alpha value is -1.20. The molecule has 1 N–H and O–H groups in total. The molecule has 4 nitrogen and oxygen atoms in total. The van der Waals surface area contributed by atoms with E-state index in [-0.39, 0.29) is 11.7 Å². The molecule has 0 spiro atoms. The van der Waals surface area contributed by atoms with E-state index < -0.39 is 11.1 Å². The lowest BCUT2D eigenvalue weighted by Crippen LogP contribution is -2.05. The van der Waals surface area contributed by atoms with E-state index in [1.54, 1.807) is 24.3 Å². The molecule has 0 radical (unpaired) electrons. The minimum absolute atomic E-state index is 0.000349. The van der Waals surface area contributed by atoms with E-state index in [4.69, 9.17) is 0 Å². The van der Waals surface area contributed by atoms with Gasteiger partial charge >= 0.3 is 0 Å². The largest absolute Gasteiger partial charge is 0.772 e. The second-order valence-corrected chi connectivity index (χ2v) is 3.72. The zero-order valence-corrected chi connectivity index (χ0v) is 8.47. The van der Waals surface area contributed by atoms with Gasteiger partial charge in [-0.2, -0.15) is 0 Å². The molecule has 0 aliphatic rings. The number of rotatable bonds is 3. The summed E-state index contributed by atoms with van der Waals surface area (Å²) >= 11 is -2.07. The van der Waals surface area contributed by atoms with E-state index in [1.807, 2.05) is 0 Å². The van der Waals surface area contributed by atoms with Crippen molar-refractivity contribution in [1.82, 2.24) is 0 Å². The Labute approximate surface area is 84.6 Å². The topological polar surface area (TPSA) is 69.2 Å². The van der Waals surface area contributed by atoms with Crippen molar-refractivity contribution < 1.29 is 13.6 Å². The third-order valence-corrected chi connectivity index (χ3v) is 2.13. The first-order valence-corrected chi connectivity index (χ1v) is 5.25. The maximum Gasteiger partial charge on any atom is 0.221 e. The zero-order chi connectivity index (χ0) is 10.6. The molecule has 1 aromatic rings. The van der Waals surface area contributed by atoms with Gasteiger partial charge in [0.2, 0.25) is 5.91 Å². The fourth-order valence-electron chi connectivity index (χ4n) is 1.02. The predicted molar refractivity (Wildman–Crippen MR) is 53.4 cm³/mol. The fourth-order valence-corrected chi connectivity index (χ4v) is 1.49. The molecule has 0 aromatic heterocycles. The zero-order valence-electron chi connectivity index (χ0n) is 7.65. The van der Waals surface area contributed by atoms with Crippen molar-refractivity contribution >= 4 is 22.7 Å². The summed E-state index contributed by atoms with van der Waals surface area (Å²) in [6.07, 6.45) is 0. The van der Waals surface area contributed by atoms with Crippen LogP contribution in [0.15, 0.2) is 24.3 Å². The first-order chi connectivity index (χ1) is 6.58. The van der Waals surface area contributed by atoms with Crippen LogP contribution in [-0.2, 0) is 21.6 Å². The molecule has 1 unspecified atom stereocenters. The summed E-state index contributed by atoms with van der Waals surface area (Å²) in [4.78, 5) is 10.7. The van der Waals surface area contributed by atoms with Crippen molar-refractivity contribution in [2.75, 3.05) is 5.32 Å². The van der Waals surface area contributed by atoms with Crippen LogP contribution in [0.3, 0.4) is 0 Å². The Morgan fingerprint density at radius 2 is 2.00 bits per heavy atom. The molecule has 5 heteroatoms. The van der Waals surface area contributed by atoms with Crippen LogP contribution in [0.1, 0.15) is 12.5 Å². The number of anilines is 1. The number of carbonyl (C=O) groups excluding carboxylic acids is 1. The van der Waals surface area contributed by atoms with E-state index >= 15 is 0 Å². The number of carbonyl (C=O) groups is 1. The van der Waals surface area contributed by atoms with Crippen molar-refractivity contribution in [1.29, 1.82) is 0 Å². The lowest BCUT2D eigenvalue weighted by atomic mass is 10.2. The van der Waals surface area contributed by atoms with Crippen LogP contribution < -0.4 is 5.32 Å². The Kier molecular flexibility index (Phi) is 3.79. The predicted octanol–water partition coefficient (Wildman–Crippen LogP) is 1.02. The molecular formula is C9H10NO3S-. The molecule has 0 saturated carbocycles. The second-order valence-electron chi connectivity index (χ2n) is 2.83. The molecule has 0 aliphatic carbocycles. The van der Waals surface area contributed by atoms with Gasteiger partial charge in [-0.1, -0.05) is 23.2 Å². The quantitative estimate of drug-likeness (QED) is 0.760. The minimum atomic E-state index is -2.07. The molecule has 0 heterocycles. The average molecular weight is 212 g/mol. The summed E-state index contributed by atoms with van der Waals surface area (Å²) in [6, 6.07) is 6.68. The van der Waals surface area contributed by atoms with Crippen LogP contribution in [-0.4, -0.2) is 14.7 Å². The third kappa shape index (κ3) is 3.68. The van der Waals surface area contributed by atoms with Gasteiger partial charge in [0, 0.05) is 18.4 Å². The molecule has 1 aromatic carbocycles. The molecule has 76 valence electrons. The standard InChI is InChI=1S/C9H11NO3S/c1-7(11)10-9-4-2-8(3-5-9)6-14(12)13/h2-5H,6H2,1H3,(H,10,11)(H,12,13)/p-1. The SMILES string of the molecule is CC(=O)Nc1ccc(CS(=O)[O-])cc1. The molecule has 0 fully saturated rings. The molecule has 0 saturated heterocycles. The summed E-state index contributed by atoms with van der Waals surface area (Å²) in [5.41, 5.74) is 1.37. The average Bonchev–Trinajstić information content (AvgIpc) is 2.06. The lowest BCUT2D eigenvalue weighted by Gasteiger charge is -2.06. The van der Waals surface area contributed by atoms with Crippen LogP contribution in [0.4, 0.5) is 5.69 Å². The number of hydrogen-bond acceptors (Lipinski definition) is 3. The molecule has 1 rings (SSSR count). The number of benzene rings is 1. The highest BCUT2D eigenvalue weighted by molar-refractivity contribution is 7.78. The van der Waals surface area contributed by atoms with Gasteiger partial charge in [0.1, 0.15) is 0 Å². The highest BCUT2D eigenvalue weighted by atomic mass is 32.2. The fraction of sp³-hybridized carbons (Fsp3) is 0.222. The van der Waals surface area contributed by atoms with Gasteiger partial charge in [-0.15, -0.1) is 0 Å². The first-order valence-electron chi connectivity index (χ1n) is 4.00. The second kappa shape index (κ2) is 4.88. The molecule has 1 atom stereocenters. The van der Waals surface area contributed by atoms with Gasteiger partial charge in [0.15, 0.2) is 0 Å². The lowest BCUT2D eigenvalue weighted by molar-refractivity contribution is -0.114. The normalized spacial score (nSPS) is 12.1. The van der Waals surface area contributed by atoms with Crippen molar-refractivity contribution in [2.45, 2.75) is 12.7 Å². The summed E-state index contributed by atoms with van der Waals surface area (Å²) < 4.78 is 20.7.